The molecular weight excluding hydrogens is 226 g/mol. The zero-order chi connectivity index (χ0) is 13.0. The molecule has 0 radical (unpaired) electrons. The van der Waals surface area contributed by atoms with E-state index in [1.165, 1.54) is 16.8 Å². The van der Waals surface area contributed by atoms with Gasteiger partial charge < -0.3 is 15.0 Å². The van der Waals surface area contributed by atoms with Crippen molar-refractivity contribution in [2.75, 3.05) is 6.61 Å². The Morgan fingerprint density at radius 3 is 2.76 bits per heavy atom. The van der Waals surface area contributed by atoms with Gasteiger partial charge in [0, 0.05) is 13.1 Å². The van der Waals surface area contributed by atoms with E-state index < -0.39 is 10.8 Å². The number of carbonyl (C=O) groups is 1. The van der Waals surface area contributed by atoms with Crippen LogP contribution in [0.5, 0.6) is 0 Å². The normalized spacial score (nSPS) is 12.2. The molecule has 0 saturated heterocycles. The van der Waals surface area contributed by atoms with Crippen LogP contribution in [0.3, 0.4) is 0 Å². The van der Waals surface area contributed by atoms with Gasteiger partial charge in [-0.25, -0.2) is 0 Å². The molecule has 0 fully saturated rings. The van der Waals surface area contributed by atoms with Crippen LogP contribution in [0.2, 0.25) is 0 Å². The number of aliphatic hydroxyl groups excluding tert-OH is 1. The van der Waals surface area contributed by atoms with Crippen molar-refractivity contribution in [1.82, 2.24) is 9.88 Å². The lowest BCUT2D eigenvalue weighted by atomic mass is 10.2. The summed E-state index contributed by atoms with van der Waals surface area (Å²) in [5.74, 6) is -0.429. The molecule has 7 nitrogen and oxygen atoms in total. The molecule has 1 atom stereocenters. The second-order valence-electron chi connectivity index (χ2n) is 3.71. The number of aromatic nitrogens is 1. The summed E-state index contributed by atoms with van der Waals surface area (Å²) in [6.07, 6.45) is 1.86. The third kappa shape index (κ3) is 3.04. The van der Waals surface area contributed by atoms with Crippen molar-refractivity contribution in [2.24, 2.45) is 7.05 Å². The van der Waals surface area contributed by atoms with Crippen LogP contribution in [0.25, 0.3) is 0 Å². The zero-order valence-electron chi connectivity index (χ0n) is 9.71. The maximum atomic E-state index is 11.8. The van der Waals surface area contributed by atoms with E-state index in [-0.39, 0.29) is 24.0 Å². The Kier molecular flexibility index (Phi) is 4.22. The average Bonchev–Trinajstić information content (AvgIpc) is 2.68. The molecule has 0 aliphatic rings. The predicted octanol–water partition coefficient (Wildman–Crippen LogP) is 0.434. The smallest absolute Gasteiger partial charge is 0.287 e. The number of nitrogens with one attached hydrogen (secondary N) is 1. The molecule has 0 bridgehead atoms. The number of carbonyl (C=O) groups excluding carboxylic acids is 1. The van der Waals surface area contributed by atoms with Gasteiger partial charge in [0.1, 0.15) is 5.69 Å². The lowest BCUT2D eigenvalue weighted by Gasteiger charge is -2.13. The van der Waals surface area contributed by atoms with E-state index in [1.54, 1.807) is 7.05 Å². The van der Waals surface area contributed by atoms with Crippen LogP contribution in [-0.4, -0.2) is 33.2 Å². The number of amides is 1. The summed E-state index contributed by atoms with van der Waals surface area (Å²) in [6.45, 7) is 1.67. The lowest BCUT2D eigenvalue weighted by molar-refractivity contribution is -0.384. The number of rotatable bonds is 5. The van der Waals surface area contributed by atoms with Crippen LogP contribution < -0.4 is 5.32 Å². The first-order valence-corrected chi connectivity index (χ1v) is 5.22. The van der Waals surface area contributed by atoms with Gasteiger partial charge >= 0.3 is 0 Å². The van der Waals surface area contributed by atoms with Crippen molar-refractivity contribution in [3.05, 3.63) is 28.1 Å². The molecule has 17 heavy (non-hydrogen) atoms. The van der Waals surface area contributed by atoms with Crippen LogP contribution in [-0.2, 0) is 7.05 Å². The first-order valence-electron chi connectivity index (χ1n) is 5.22. The fourth-order valence-corrected chi connectivity index (χ4v) is 1.41. The summed E-state index contributed by atoms with van der Waals surface area (Å²) in [5.41, 5.74) is 0.0679. The third-order valence-corrected chi connectivity index (χ3v) is 2.48. The van der Waals surface area contributed by atoms with E-state index in [9.17, 15) is 14.9 Å². The first kappa shape index (κ1) is 13.2. The van der Waals surface area contributed by atoms with Crippen molar-refractivity contribution >= 4 is 11.6 Å². The van der Waals surface area contributed by atoms with Crippen molar-refractivity contribution in [3.8, 4) is 0 Å². The molecule has 1 heterocycles. The highest BCUT2D eigenvalue weighted by Gasteiger charge is 2.19. The fourth-order valence-electron chi connectivity index (χ4n) is 1.41. The van der Waals surface area contributed by atoms with Gasteiger partial charge in [0.2, 0.25) is 0 Å². The van der Waals surface area contributed by atoms with E-state index >= 15 is 0 Å². The van der Waals surface area contributed by atoms with Crippen LogP contribution in [0, 0.1) is 10.1 Å². The Balaban J connectivity index is 2.85. The molecule has 1 rings (SSSR count). The summed E-state index contributed by atoms with van der Waals surface area (Å²) < 4.78 is 1.39. The maximum Gasteiger partial charge on any atom is 0.287 e. The Bertz CT molecular complexity index is 423. The molecular formula is C10H15N3O4. The highest BCUT2D eigenvalue weighted by Crippen LogP contribution is 2.15. The predicted molar refractivity (Wildman–Crippen MR) is 60.7 cm³/mol. The Morgan fingerprint density at radius 1 is 1.71 bits per heavy atom. The summed E-state index contributed by atoms with van der Waals surface area (Å²) >= 11 is 0. The molecule has 7 heteroatoms. The Labute approximate surface area is 98.2 Å². The van der Waals surface area contributed by atoms with Crippen molar-refractivity contribution < 1.29 is 14.8 Å². The van der Waals surface area contributed by atoms with Gasteiger partial charge in [-0.3, -0.25) is 14.9 Å². The first-order chi connectivity index (χ1) is 7.99. The molecule has 2 N–H and O–H groups in total. The summed E-state index contributed by atoms with van der Waals surface area (Å²) in [4.78, 5) is 21.8. The van der Waals surface area contributed by atoms with Gasteiger partial charge in [0.25, 0.3) is 11.6 Å². The number of nitro groups is 1. The van der Waals surface area contributed by atoms with Crippen molar-refractivity contribution in [3.63, 3.8) is 0 Å². The van der Waals surface area contributed by atoms with E-state index in [0.29, 0.717) is 6.42 Å². The van der Waals surface area contributed by atoms with Gasteiger partial charge in [-0.1, -0.05) is 6.92 Å². The monoisotopic (exact) mass is 241 g/mol. The summed E-state index contributed by atoms with van der Waals surface area (Å²) in [6, 6.07) is 0.871. The van der Waals surface area contributed by atoms with Gasteiger partial charge in [-0.2, -0.15) is 0 Å². The van der Waals surface area contributed by atoms with Gasteiger partial charge in [0.15, 0.2) is 0 Å². The minimum atomic E-state index is -0.555. The Hall–Kier alpha value is -1.89. The van der Waals surface area contributed by atoms with Gasteiger partial charge in [0.05, 0.1) is 23.8 Å². The van der Waals surface area contributed by atoms with E-state index in [4.69, 9.17) is 5.11 Å². The number of hydrogen-bond donors (Lipinski definition) is 2. The molecule has 1 aromatic heterocycles. The topological polar surface area (TPSA) is 97.4 Å². The number of hydrogen-bond acceptors (Lipinski definition) is 4. The second kappa shape index (κ2) is 5.44. The summed E-state index contributed by atoms with van der Waals surface area (Å²) in [5, 5.41) is 22.1. The SMILES string of the molecule is CCC(CO)NC(=O)c1cc([N+](=O)[O-])cn1C. The number of nitrogens with zero attached hydrogens (tertiary/aromatic N) is 2. The molecule has 94 valence electrons. The molecule has 1 unspecified atom stereocenters. The standard InChI is InChI=1S/C10H15N3O4/c1-3-7(6-14)11-10(15)9-4-8(13(16)17)5-12(9)2/h4-5,7,14H,3,6H2,1-2H3,(H,11,15). The largest absolute Gasteiger partial charge is 0.394 e. The molecule has 0 aliphatic carbocycles. The molecule has 0 spiro atoms. The summed E-state index contributed by atoms with van der Waals surface area (Å²) in [7, 11) is 1.56. The lowest BCUT2D eigenvalue weighted by Crippen LogP contribution is -2.37. The highest BCUT2D eigenvalue weighted by atomic mass is 16.6. The van der Waals surface area contributed by atoms with Crippen LogP contribution in [0.15, 0.2) is 12.3 Å². The highest BCUT2D eigenvalue weighted by molar-refractivity contribution is 5.93. The second-order valence-corrected chi connectivity index (χ2v) is 3.71. The Morgan fingerprint density at radius 2 is 2.35 bits per heavy atom. The van der Waals surface area contributed by atoms with E-state index in [0.717, 1.165) is 0 Å². The van der Waals surface area contributed by atoms with Crippen molar-refractivity contribution in [1.29, 1.82) is 0 Å². The average molecular weight is 241 g/mol. The third-order valence-electron chi connectivity index (χ3n) is 2.48. The quantitative estimate of drug-likeness (QED) is 0.577. The number of aryl methyl sites for hydroxylation is 1. The maximum absolute atomic E-state index is 11.8. The molecule has 0 aromatic carbocycles. The zero-order valence-corrected chi connectivity index (χ0v) is 9.71. The van der Waals surface area contributed by atoms with Gasteiger partial charge in [-0.05, 0) is 6.42 Å². The minimum Gasteiger partial charge on any atom is -0.394 e. The minimum absolute atomic E-state index is 0.130. The molecule has 1 amide bonds. The van der Waals surface area contributed by atoms with E-state index in [2.05, 4.69) is 5.32 Å². The van der Waals surface area contributed by atoms with Gasteiger partial charge in [-0.15, -0.1) is 0 Å². The number of aliphatic hydroxyl groups is 1. The molecule has 0 aliphatic heterocycles. The van der Waals surface area contributed by atoms with Crippen LogP contribution in [0.1, 0.15) is 23.8 Å². The molecule has 1 aromatic rings. The van der Waals surface area contributed by atoms with Crippen LogP contribution in [0.4, 0.5) is 5.69 Å². The fraction of sp³-hybridized carbons (Fsp3) is 0.500. The van der Waals surface area contributed by atoms with E-state index in [1.807, 2.05) is 6.92 Å². The van der Waals surface area contributed by atoms with Crippen LogP contribution >= 0.6 is 0 Å². The molecule has 0 saturated carbocycles. The van der Waals surface area contributed by atoms with Crippen molar-refractivity contribution in [2.45, 2.75) is 19.4 Å².